The van der Waals surface area contributed by atoms with Gasteiger partial charge in [0.2, 0.25) is 5.88 Å². The van der Waals surface area contributed by atoms with E-state index in [4.69, 9.17) is 9.84 Å². The van der Waals surface area contributed by atoms with Crippen molar-refractivity contribution in [2.45, 2.75) is 12.7 Å². The van der Waals surface area contributed by atoms with E-state index in [1.165, 1.54) is 6.07 Å². The fraction of sp³-hybridized carbons (Fsp3) is 0.286. The highest BCUT2D eigenvalue weighted by atomic mass is 32.1. The molecule has 0 aromatic carbocycles. The Labute approximate surface area is 132 Å². The third-order valence-electron chi connectivity index (χ3n) is 3.32. The second kappa shape index (κ2) is 5.73. The number of aromatic nitrogens is 1. The van der Waals surface area contributed by atoms with E-state index >= 15 is 0 Å². The molecule has 0 unspecified atom stereocenters. The number of nitrogens with zero attached hydrogens (tertiary/aromatic N) is 2. The number of carboxylic acid groups (broad SMARTS) is 1. The molecule has 1 aliphatic rings. The number of alkyl halides is 3. The monoisotopic (exact) mass is 344 g/mol. The van der Waals surface area contributed by atoms with Gasteiger partial charge in [-0.25, -0.2) is 9.78 Å². The Morgan fingerprint density at radius 2 is 2.22 bits per heavy atom. The van der Waals surface area contributed by atoms with Crippen molar-refractivity contribution < 1.29 is 27.8 Å². The van der Waals surface area contributed by atoms with Gasteiger partial charge < -0.3 is 14.7 Å². The molecule has 122 valence electrons. The molecule has 2 aromatic heterocycles. The summed E-state index contributed by atoms with van der Waals surface area (Å²) in [5.41, 5.74) is -0.583. The maximum atomic E-state index is 12.8. The molecule has 2 aromatic rings. The third-order valence-corrected chi connectivity index (χ3v) is 4.38. The molecule has 1 aliphatic heterocycles. The molecule has 0 saturated carbocycles. The lowest BCUT2D eigenvalue weighted by molar-refractivity contribution is -0.137. The molecule has 3 rings (SSSR count). The lowest BCUT2D eigenvalue weighted by Gasteiger charge is -2.30. The zero-order valence-corrected chi connectivity index (χ0v) is 12.4. The van der Waals surface area contributed by atoms with E-state index in [-0.39, 0.29) is 16.4 Å². The number of hydrogen-bond donors (Lipinski definition) is 1. The van der Waals surface area contributed by atoms with Crippen molar-refractivity contribution in [1.82, 2.24) is 4.98 Å². The van der Waals surface area contributed by atoms with E-state index in [1.54, 1.807) is 11.0 Å². The molecule has 0 saturated heterocycles. The van der Waals surface area contributed by atoms with Crippen molar-refractivity contribution in [3.05, 3.63) is 39.7 Å². The van der Waals surface area contributed by atoms with Gasteiger partial charge in [-0.1, -0.05) is 0 Å². The van der Waals surface area contributed by atoms with Crippen molar-refractivity contribution >= 4 is 23.0 Å². The van der Waals surface area contributed by atoms with Gasteiger partial charge in [-0.2, -0.15) is 13.2 Å². The Morgan fingerprint density at radius 1 is 1.43 bits per heavy atom. The number of aromatic carboxylic acids is 1. The minimum atomic E-state index is -4.48. The van der Waals surface area contributed by atoms with Gasteiger partial charge in [-0.3, -0.25) is 0 Å². The number of carboxylic acids is 1. The Morgan fingerprint density at radius 3 is 2.87 bits per heavy atom. The Hall–Kier alpha value is -2.29. The number of fused-ring (bicyclic) bond motifs is 1. The van der Waals surface area contributed by atoms with Crippen LogP contribution in [0.25, 0.3) is 0 Å². The summed E-state index contributed by atoms with van der Waals surface area (Å²) < 4.78 is 43.8. The second-order valence-electron chi connectivity index (χ2n) is 4.89. The van der Waals surface area contributed by atoms with Gasteiger partial charge in [-0.05, 0) is 18.2 Å². The van der Waals surface area contributed by atoms with E-state index in [0.717, 1.165) is 28.5 Å². The van der Waals surface area contributed by atoms with Crippen molar-refractivity contribution in [2.24, 2.45) is 0 Å². The molecule has 5 nitrogen and oxygen atoms in total. The smallest absolute Gasteiger partial charge is 0.417 e. The Bertz CT molecular complexity index is 745. The predicted molar refractivity (Wildman–Crippen MR) is 77.1 cm³/mol. The van der Waals surface area contributed by atoms with Crippen molar-refractivity contribution in [1.29, 1.82) is 0 Å². The molecular weight excluding hydrogens is 333 g/mol. The largest absolute Gasteiger partial charge is 0.477 e. The minimum absolute atomic E-state index is 0.152. The second-order valence-corrected chi connectivity index (χ2v) is 6.06. The fourth-order valence-corrected chi connectivity index (χ4v) is 3.10. The Kier molecular flexibility index (Phi) is 3.88. The van der Waals surface area contributed by atoms with Gasteiger partial charge in [0.1, 0.15) is 17.2 Å². The third kappa shape index (κ3) is 3.24. The van der Waals surface area contributed by atoms with Gasteiger partial charge in [0.15, 0.2) is 0 Å². The van der Waals surface area contributed by atoms with Crippen LogP contribution in [-0.4, -0.2) is 29.2 Å². The molecule has 9 heteroatoms. The minimum Gasteiger partial charge on any atom is -0.477 e. The van der Waals surface area contributed by atoms with Crippen LogP contribution in [-0.2, 0) is 12.7 Å². The molecule has 0 aliphatic carbocycles. The first-order valence-electron chi connectivity index (χ1n) is 6.61. The number of carbonyl (C=O) groups is 1. The summed E-state index contributed by atoms with van der Waals surface area (Å²) in [6.45, 7) is 1.01. The molecule has 0 bridgehead atoms. The summed E-state index contributed by atoms with van der Waals surface area (Å²) in [6.07, 6.45) is -3.74. The van der Waals surface area contributed by atoms with E-state index in [1.807, 2.05) is 0 Å². The van der Waals surface area contributed by atoms with Crippen LogP contribution in [0.3, 0.4) is 0 Å². The number of pyridine rings is 1. The Balaban J connectivity index is 1.89. The highest BCUT2D eigenvalue weighted by Crippen LogP contribution is 2.37. The van der Waals surface area contributed by atoms with Gasteiger partial charge in [0.25, 0.3) is 0 Å². The first-order chi connectivity index (χ1) is 10.8. The average molecular weight is 344 g/mol. The summed E-state index contributed by atoms with van der Waals surface area (Å²) in [7, 11) is 0. The zero-order chi connectivity index (χ0) is 16.6. The molecular formula is C14H11F3N2O3S. The van der Waals surface area contributed by atoms with Crippen LogP contribution in [0, 0.1) is 0 Å². The first kappa shape index (κ1) is 15.6. The number of halogens is 3. The van der Waals surface area contributed by atoms with Crippen molar-refractivity contribution in [3.63, 3.8) is 0 Å². The standard InChI is InChI=1S/C14H11F3N2O3S/c15-14(16,17)8-5-10-12(18-6-8)22-4-3-19(10)7-9-1-2-11(23-9)13(20)21/h1-2,5-6H,3-4,7H2,(H,20,21). The number of anilines is 1. The average Bonchev–Trinajstić information content (AvgIpc) is 2.95. The lowest BCUT2D eigenvalue weighted by Crippen LogP contribution is -2.32. The number of hydrogen-bond acceptors (Lipinski definition) is 5. The summed E-state index contributed by atoms with van der Waals surface area (Å²) in [5.74, 6) is -0.871. The van der Waals surface area contributed by atoms with Gasteiger partial charge in [0.05, 0.1) is 18.7 Å². The first-order valence-corrected chi connectivity index (χ1v) is 7.43. The van der Waals surface area contributed by atoms with Crippen LogP contribution in [0.15, 0.2) is 24.4 Å². The molecule has 3 heterocycles. The van der Waals surface area contributed by atoms with Crippen LogP contribution >= 0.6 is 11.3 Å². The summed E-state index contributed by atoms with van der Waals surface area (Å²) in [4.78, 5) is 17.3. The SMILES string of the molecule is O=C(O)c1ccc(CN2CCOc3ncc(C(F)(F)F)cc32)s1. The predicted octanol–water partition coefficient (Wildman–Crippen LogP) is 3.26. The topological polar surface area (TPSA) is 62.7 Å². The quantitative estimate of drug-likeness (QED) is 0.926. The van der Waals surface area contributed by atoms with Gasteiger partial charge >= 0.3 is 12.1 Å². The molecule has 1 N–H and O–H groups in total. The number of thiophene rings is 1. The molecule has 0 radical (unpaired) electrons. The summed E-state index contributed by atoms with van der Waals surface area (Å²) >= 11 is 1.09. The van der Waals surface area contributed by atoms with E-state index in [0.29, 0.717) is 19.7 Å². The molecule has 0 amide bonds. The zero-order valence-electron chi connectivity index (χ0n) is 11.6. The molecule has 0 fully saturated rings. The number of ether oxygens (including phenoxy) is 1. The van der Waals surface area contributed by atoms with Crippen LogP contribution in [0.1, 0.15) is 20.1 Å². The van der Waals surface area contributed by atoms with Gasteiger partial charge in [0, 0.05) is 11.1 Å². The van der Waals surface area contributed by atoms with Crippen molar-refractivity contribution in [2.75, 3.05) is 18.1 Å². The van der Waals surface area contributed by atoms with Crippen LogP contribution in [0.2, 0.25) is 0 Å². The summed E-state index contributed by atoms with van der Waals surface area (Å²) in [6, 6.07) is 4.14. The maximum absolute atomic E-state index is 12.8. The maximum Gasteiger partial charge on any atom is 0.417 e. The van der Waals surface area contributed by atoms with E-state index in [2.05, 4.69) is 4.98 Å². The normalized spacial score (nSPS) is 14.3. The molecule has 0 atom stereocenters. The highest BCUT2D eigenvalue weighted by molar-refractivity contribution is 7.13. The fourth-order valence-electron chi connectivity index (χ4n) is 2.24. The highest BCUT2D eigenvalue weighted by Gasteiger charge is 2.33. The van der Waals surface area contributed by atoms with E-state index in [9.17, 15) is 18.0 Å². The van der Waals surface area contributed by atoms with Crippen molar-refractivity contribution in [3.8, 4) is 5.88 Å². The summed E-state index contributed by atoms with van der Waals surface area (Å²) in [5, 5.41) is 8.93. The van der Waals surface area contributed by atoms with Gasteiger partial charge in [-0.15, -0.1) is 11.3 Å². The number of rotatable bonds is 3. The molecule has 0 spiro atoms. The van der Waals surface area contributed by atoms with Crippen LogP contribution in [0.4, 0.5) is 18.9 Å². The lowest BCUT2D eigenvalue weighted by atomic mass is 10.2. The van der Waals surface area contributed by atoms with Crippen LogP contribution in [0.5, 0.6) is 5.88 Å². The van der Waals surface area contributed by atoms with E-state index < -0.39 is 17.7 Å². The van der Waals surface area contributed by atoms with Crippen LogP contribution < -0.4 is 9.64 Å². The molecule has 23 heavy (non-hydrogen) atoms.